The third-order valence-electron chi connectivity index (χ3n) is 7.00. The second-order valence-electron chi connectivity index (χ2n) is 9.74. The lowest BCUT2D eigenvalue weighted by molar-refractivity contribution is 0.00578. The van der Waals surface area contributed by atoms with E-state index in [2.05, 4.69) is 4.98 Å². The van der Waals surface area contributed by atoms with Gasteiger partial charge in [-0.05, 0) is 45.4 Å². The summed E-state index contributed by atoms with van der Waals surface area (Å²) in [6.07, 6.45) is 3.35. The van der Waals surface area contributed by atoms with Gasteiger partial charge in [0.2, 0.25) is 0 Å². The van der Waals surface area contributed by atoms with Gasteiger partial charge in [0.15, 0.2) is 6.29 Å². The van der Waals surface area contributed by atoms with E-state index in [1.54, 1.807) is 18.3 Å². The van der Waals surface area contributed by atoms with Gasteiger partial charge in [0.25, 0.3) is 5.56 Å². The fraction of sp³-hybridized carbons (Fsp3) is 0.222. The zero-order valence-corrected chi connectivity index (χ0v) is 21.7. The fourth-order valence-corrected chi connectivity index (χ4v) is 4.86. The maximum absolute atomic E-state index is 12.4. The molecule has 0 aliphatic carbocycles. The zero-order chi connectivity index (χ0) is 25.8. The smallest absolute Gasteiger partial charge is 0.399 e. The highest BCUT2D eigenvalue weighted by Crippen LogP contribution is 2.41. The van der Waals surface area contributed by atoms with Gasteiger partial charge in [-0.1, -0.05) is 59.6 Å². The van der Waals surface area contributed by atoms with Crippen LogP contribution in [0.15, 0.2) is 65.7 Å². The Morgan fingerprint density at radius 3 is 2.19 bits per heavy atom. The lowest BCUT2D eigenvalue weighted by Gasteiger charge is -2.32. The Balaban J connectivity index is 1.58. The second kappa shape index (κ2) is 8.85. The number of halogens is 2. The number of pyridine rings is 1. The molecule has 4 aromatic rings. The molecule has 0 N–H and O–H groups in total. The Morgan fingerprint density at radius 2 is 1.53 bits per heavy atom. The van der Waals surface area contributed by atoms with Crippen molar-refractivity contribution in [3.05, 3.63) is 86.9 Å². The predicted molar refractivity (Wildman–Crippen MR) is 143 cm³/mol. The molecular weight excluding hydrogens is 498 g/mol. The van der Waals surface area contributed by atoms with Crippen molar-refractivity contribution in [2.45, 2.75) is 38.9 Å². The fourth-order valence-electron chi connectivity index (χ4n) is 4.21. The van der Waals surface area contributed by atoms with Crippen LogP contribution in [0.5, 0.6) is 0 Å². The number of hydrogen-bond donors (Lipinski definition) is 0. The molecule has 1 aliphatic rings. The van der Waals surface area contributed by atoms with Crippen LogP contribution >= 0.6 is 23.2 Å². The van der Waals surface area contributed by atoms with Crippen LogP contribution in [0.25, 0.3) is 27.9 Å². The Labute approximate surface area is 218 Å². The molecule has 0 saturated carbocycles. The molecule has 0 radical (unpaired) electrons. The number of hydrogen-bond acceptors (Lipinski definition) is 5. The van der Waals surface area contributed by atoms with Crippen molar-refractivity contribution < 1.29 is 14.1 Å². The van der Waals surface area contributed by atoms with Gasteiger partial charge in [-0.2, -0.15) is 0 Å². The van der Waals surface area contributed by atoms with E-state index in [9.17, 15) is 9.59 Å². The molecule has 0 atom stereocenters. The molecule has 0 spiro atoms. The van der Waals surface area contributed by atoms with Crippen LogP contribution in [0.2, 0.25) is 10.0 Å². The highest BCUT2D eigenvalue weighted by molar-refractivity contribution is 6.66. The minimum Gasteiger partial charge on any atom is -0.399 e. The molecule has 1 saturated heterocycles. The molecule has 36 heavy (non-hydrogen) atoms. The minimum atomic E-state index is -0.606. The predicted octanol–water partition coefficient (Wildman–Crippen LogP) is 5.45. The Hall–Kier alpha value is -2.97. The molecule has 0 bridgehead atoms. The number of benzene rings is 2. The summed E-state index contributed by atoms with van der Waals surface area (Å²) in [5.41, 5.74) is 2.75. The molecule has 0 unspecified atom stereocenters. The van der Waals surface area contributed by atoms with Crippen molar-refractivity contribution in [3.8, 4) is 22.3 Å². The van der Waals surface area contributed by atoms with Crippen molar-refractivity contribution in [1.82, 2.24) is 9.38 Å². The van der Waals surface area contributed by atoms with E-state index in [1.807, 2.05) is 64.1 Å². The van der Waals surface area contributed by atoms with E-state index >= 15 is 0 Å². The van der Waals surface area contributed by atoms with Crippen molar-refractivity contribution in [1.29, 1.82) is 0 Å². The number of carbonyl (C=O) groups excluding carboxylic acids is 1. The van der Waals surface area contributed by atoms with Gasteiger partial charge < -0.3 is 9.31 Å². The first kappa shape index (κ1) is 24.7. The first-order valence-electron chi connectivity index (χ1n) is 11.4. The van der Waals surface area contributed by atoms with Gasteiger partial charge in [-0.25, -0.2) is 4.98 Å². The van der Waals surface area contributed by atoms with Crippen molar-refractivity contribution in [2.75, 3.05) is 0 Å². The number of aromatic nitrogens is 2. The number of rotatable bonds is 4. The van der Waals surface area contributed by atoms with E-state index in [-0.39, 0.29) is 5.56 Å². The van der Waals surface area contributed by atoms with Gasteiger partial charge in [-0.15, -0.1) is 0 Å². The summed E-state index contributed by atoms with van der Waals surface area (Å²) < 4.78 is 13.8. The van der Waals surface area contributed by atoms with Crippen LogP contribution in [0.1, 0.15) is 38.1 Å². The number of aldehydes is 1. The third kappa shape index (κ3) is 3.96. The summed E-state index contributed by atoms with van der Waals surface area (Å²) in [4.78, 5) is 27.7. The topological polar surface area (TPSA) is 69.9 Å². The molecule has 2 aromatic carbocycles. The summed E-state index contributed by atoms with van der Waals surface area (Å²) >= 11 is 13.8. The van der Waals surface area contributed by atoms with Crippen LogP contribution in [0.4, 0.5) is 0 Å². The molecule has 2 aromatic heterocycles. The average Bonchev–Trinajstić information content (AvgIpc) is 3.06. The van der Waals surface area contributed by atoms with E-state index in [0.717, 1.165) is 27.7 Å². The van der Waals surface area contributed by atoms with Gasteiger partial charge in [0.05, 0.1) is 21.8 Å². The van der Waals surface area contributed by atoms with Crippen LogP contribution in [0, 0.1) is 0 Å². The maximum atomic E-state index is 12.4. The molecule has 1 aliphatic heterocycles. The van der Waals surface area contributed by atoms with Crippen molar-refractivity contribution >= 4 is 47.7 Å². The Morgan fingerprint density at radius 1 is 0.917 bits per heavy atom. The van der Waals surface area contributed by atoms with Crippen LogP contribution in [-0.4, -0.2) is 34.0 Å². The molecule has 1 fully saturated rings. The first-order valence-corrected chi connectivity index (χ1v) is 12.2. The van der Waals surface area contributed by atoms with Gasteiger partial charge >= 0.3 is 7.12 Å². The van der Waals surface area contributed by atoms with E-state index in [0.29, 0.717) is 22.0 Å². The summed E-state index contributed by atoms with van der Waals surface area (Å²) in [5, 5.41) is 1.00. The average molecular weight is 521 g/mol. The maximum Gasteiger partial charge on any atom is 0.496 e. The summed E-state index contributed by atoms with van der Waals surface area (Å²) in [7, 11) is -0.606. The molecule has 9 heteroatoms. The van der Waals surface area contributed by atoms with Gasteiger partial charge in [0, 0.05) is 39.6 Å². The highest BCUT2D eigenvalue weighted by atomic mass is 35.5. The second-order valence-corrected chi connectivity index (χ2v) is 10.5. The van der Waals surface area contributed by atoms with Crippen LogP contribution in [0.3, 0.4) is 0 Å². The molecule has 0 amide bonds. The summed E-state index contributed by atoms with van der Waals surface area (Å²) in [6.45, 7) is 7.99. The summed E-state index contributed by atoms with van der Waals surface area (Å²) in [5.74, 6) is 0. The molecule has 3 heterocycles. The minimum absolute atomic E-state index is 0.00296. The zero-order valence-electron chi connectivity index (χ0n) is 20.2. The quantitative estimate of drug-likeness (QED) is 0.264. The first-order chi connectivity index (χ1) is 17.0. The van der Waals surface area contributed by atoms with E-state index in [4.69, 9.17) is 32.5 Å². The number of fused-ring (bicyclic) bond motifs is 1. The van der Waals surface area contributed by atoms with Gasteiger partial charge in [0.1, 0.15) is 5.65 Å². The van der Waals surface area contributed by atoms with E-state index in [1.165, 1.54) is 10.6 Å². The van der Waals surface area contributed by atoms with Gasteiger partial charge in [-0.3, -0.25) is 14.0 Å². The van der Waals surface area contributed by atoms with Crippen LogP contribution < -0.4 is 11.0 Å². The Kier molecular flexibility index (Phi) is 6.08. The molecular formula is C27H23BCl2N2O4. The highest BCUT2D eigenvalue weighted by Gasteiger charge is 2.52. The monoisotopic (exact) mass is 520 g/mol. The normalized spacial score (nSPS) is 16.4. The molecule has 5 rings (SSSR count). The largest absolute Gasteiger partial charge is 0.496 e. The molecule has 182 valence electrons. The lowest BCUT2D eigenvalue weighted by atomic mass is 9.77. The molecule has 6 nitrogen and oxygen atoms in total. The van der Waals surface area contributed by atoms with Crippen molar-refractivity contribution in [2.24, 2.45) is 0 Å². The Bertz CT molecular complexity index is 1570. The third-order valence-corrected chi connectivity index (χ3v) is 7.83. The SMILES string of the molecule is CC1(C)OB(c2cccc(-c3cccc(-c4ccn5c(=O)c(C=O)cnc5c4)c3Cl)c2Cl)OC1(C)C. The van der Waals surface area contributed by atoms with E-state index < -0.39 is 23.9 Å². The van der Waals surface area contributed by atoms with Crippen molar-refractivity contribution in [3.63, 3.8) is 0 Å². The standard InChI is InChI=1S/C27H23BCl2N2O4/c1-26(2)27(3,4)36-28(35-26)21-10-6-9-20(24(21)30)19-8-5-7-18(23(19)29)16-11-12-32-22(13-16)31-14-17(15-33)25(32)34/h5-15H,1-4H3. The number of carbonyl (C=O) groups is 1. The number of nitrogens with zero attached hydrogens (tertiary/aromatic N) is 2. The van der Waals surface area contributed by atoms with Crippen LogP contribution in [-0.2, 0) is 9.31 Å². The lowest BCUT2D eigenvalue weighted by Crippen LogP contribution is -2.41. The summed E-state index contributed by atoms with van der Waals surface area (Å²) in [6, 6.07) is 14.9.